The summed E-state index contributed by atoms with van der Waals surface area (Å²) in [6.07, 6.45) is 0.958. The highest BCUT2D eigenvalue weighted by atomic mass is 35.5. The van der Waals surface area contributed by atoms with Gasteiger partial charge in [0.05, 0.1) is 9.92 Å². The number of aryl methyl sites for hydroxylation is 3. The van der Waals surface area contributed by atoms with Crippen molar-refractivity contribution >= 4 is 31.6 Å². The van der Waals surface area contributed by atoms with Crippen LogP contribution in [-0.2, 0) is 20.0 Å². The van der Waals surface area contributed by atoms with Gasteiger partial charge in [0.15, 0.2) is 9.84 Å². The molecule has 2 aromatic rings. The molecule has 0 bridgehead atoms. The third kappa shape index (κ3) is 3.91. The smallest absolute Gasteiger partial charge is 0.339 e. The van der Waals surface area contributed by atoms with Crippen molar-refractivity contribution in [2.24, 2.45) is 0 Å². The number of rotatable bonds is 4. The van der Waals surface area contributed by atoms with Crippen molar-refractivity contribution in [2.75, 3.05) is 6.26 Å². The van der Waals surface area contributed by atoms with E-state index < -0.39 is 20.0 Å². The van der Waals surface area contributed by atoms with Crippen LogP contribution >= 0.6 is 11.6 Å². The van der Waals surface area contributed by atoms with Crippen LogP contribution in [-0.4, -0.2) is 23.1 Å². The lowest BCUT2D eigenvalue weighted by atomic mass is 10.1. The van der Waals surface area contributed by atoms with Gasteiger partial charge in [-0.3, -0.25) is 0 Å². The molecule has 8 heteroatoms. The number of hydrogen-bond acceptors (Lipinski definition) is 5. The number of hydrogen-bond donors (Lipinski definition) is 0. The number of sulfone groups is 1. The summed E-state index contributed by atoms with van der Waals surface area (Å²) in [7, 11) is -7.86. The van der Waals surface area contributed by atoms with Crippen LogP contribution < -0.4 is 4.18 Å². The zero-order valence-corrected chi connectivity index (χ0v) is 16.0. The highest BCUT2D eigenvalue weighted by Crippen LogP contribution is 2.30. The lowest BCUT2D eigenvalue weighted by molar-refractivity contribution is 0.482. The standard InChI is InChI=1S/C16H17ClO5S2/c1-10-7-11(2)16(12(3)8-10)22-24(20,21)13-5-6-14(17)15(9-13)23(4,18)19/h5-9H,1-4H3. The molecule has 130 valence electrons. The Hall–Kier alpha value is -1.57. The topological polar surface area (TPSA) is 77.5 Å². The normalized spacial score (nSPS) is 12.2. The fourth-order valence-corrected chi connectivity index (χ4v) is 4.83. The van der Waals surface area contributed by atoms with Crippen molar-refractivity contribution in [3.05, 3.63) is 52.0 Å². The third-order valence-corrected chi connectivity index (χ3v) is 6.18. The predicted molar refractivity (Wildman–Crippen MR) is 93.0 cm³/mol. The number of benzene rings is 2. The maximum absolute atomic E-state index is 12.5. The fourth-order valence-electron chi connectivity index (χ4n) is 2.38. The monoisotopic (exact) mass is 388 g/mol. The molecular formula is C16H17ClO5S2. The molecule has 2 rings (SSSR count). The van der Waals surface area contributed by atoms with Crippen LogP contribution in [0.4, 0.5) is 0 Å². The van der Waals surface area contributed by atoms with E-state index in [0.29, 0.717) is 11.1 Å². The van der Waals surface area contributed by atoms with Gasteiger partial charge in [-0.2, -0.15) is 8.42 Å². The summed E-state index contributed by atoms with van der Waals surface area (Å²) < 4.78 is 53.7. The van der Waals surface area contributed by atoms with Gasteiger partial charge in [-0.05, 0) is 50.1 Å². The predicted octanol–water partition coefficient (Wildman–Crippen LogP) is 3.44. The Bertz CT molecular complexity index is 986. The van der Waals surface area contributed by atoms with Crippen LogP contribution in [0.15, 0.2) is 40.1 Å². The van der Waals surface area contributed by atoms with Crippen molar-refractivity contribution in [3.63, 3.8) is 0 Å². The molecular weight excluding hydrogens is 372 g/mol. The molecule has 0 N–H and O–H groups in total. The minimum atomic E-state index is -4.19. The quantitative estimate of drug-likeness (QED) is 0.750. The summed E-state index contributed by atoms with van der Waals surface area (Å²) in [6, 6.07) is 7.06. The van der Waals surface area contributed by atoms with Gasteiger partial charge in [-0.15, -0.1) is 0 Å². The minimum absolute atomic E-state index is 0.0425. The molecule has 0 radical (unpaired) electrons. The largest absolute Gasteiger partial charge is 0.378 e. The van der Waals surface area contributed by atoms with Gasteiger partial charge in [0.2, 0.25) is 0 Å². The van der Waals surface area contributed by atoms with E-state index in [1.165, 1.54) is 12.1 Å². The van der Waals surface area contributed by atoms with E-state index in [1.54, 1.807) is 13.8 Å². The van der Waals surface area contributed by atoms with Crippen molar-refractivity contribution < 1.29 is 21.0 Å². The molecule has 0 aliphatic rings. The van der Waals surface area contributed by atoms with Crippen LogP contribution in [0.1, 0.15) is 16.7 Å². The molecule has 0 saturated carbocycles. The van der Waals surface area contributed by atoms with Gasteiger partial charge in [0.25, 0.3) is 0 Å². The van der Waals surface area contributed by atoms with Crippen molar-refractivity contribution in [2.45, 2.75) is 30.6 Å². The molecule has 0 amide bonds. The minimum Gasteiger partial charge on any atom is -0.378 e. The molecule has 0 aliphatic carbocycles. The first-order chi connectivity index (χ1) is 10.9. The lowest BCUT2D eigenvalue weighted by Gasteiger charge is -2.13. The van der Waals surface area contributed by atoms with Gasteiger partial charge in [0.1, 0.15) is 10.6 Å². The molecule has 0 aromatic heterocycles. The molecule has 0 heterocycles. The van der Waals surface area contributed by atoms with Gasteiger partial charge >= 0.3 is 10.1 Å². The first-order valence-electron chi connectivity index (χ1n) is 6.94. The summed E-state index contributed by atoms with van der Waals surface area (Å²) >= 11 is 5.84. The fraction of sp³-hybridized carbons (Fsp3) is 0.250. The molecule has 24 heavy (non-hydrogen) atoms. The Morgan fingerprint density at radius 3 is 1.96 bits per heavy atom. The molecule has 5 nitrogen and oxygen atoms in total. The van der Waals surface area contributed by atoms with Crippen molar-refractivity contribution in [3.8, 4) is 5.75 Å². The Morgan fingerprint density at radius 1 is 0.917 bits per heavy atom. The maximum Gasteiger partial charge on any atom is 0.339 e. The molecule has 0 spiro atoms. The Kier molecular flexibility index (Phi) is 4.99. The SMILES string of the molecule is Cc1cc(C)c(OS(=O)(=O)c2ccc(Cl)c(S(C)(=O)=O)c2)c(C)c1. The average molecular weight is 389 g/mol. The Labute approximate surface area is 147 Å². The van der Waals surface area contributed by atoms with E-state index in [-0.39, 0.29) is 20.6 Å². The molecule has 0 atom stereocenters. The molecule has 0 aliphatic heterocycles. The van der Waals surface area contributed by atoms with E-state index in [1.807, 2.05) is 19.1 Å². The highest BCUT2D eigenvalue weighted by Gasteiger charge is 2.23. The molecule has 2 aromatic carbocycles. The highest BCUT2D eigenvalue weighted by molar-refractivity contribution is 7.91. The second-order valence-electron chi connectivity index (χ2n) is 5.63. The van der Waals surface area contributed by atoms with Crippen LogP contribution in [0.3, 0.4) is 0 Å². The van der Waals surface area contributed by atoms with Gasteiger partial charge < -0.3 is 4.18 Å². The third-order valence-electron chi connectivity index (χ3n) is 3.39. The van der Waals surface area contributed by atoms with Crippen LogP contribution in [0.2, 0.25) is 5.02 Å². The van der Waals surface area contributed by atoms with E-state index in [9.17, 15) is 16.8 Å². The summed E-state index contributed by atoms with van der Waals surface area (Å²) in [5.41, 5.74) is 2.34. The van der Waals surface area contributed by atoms with E-state index in [2.05, 4.69) is 0 Å². The first kappa shape index (κ1) is 18.8. The van der Waals surface area contributed by atoms with Crippen LogP contribution in [0.5, 0.6) is 5.75 Å². The zero-order chi connectivity index (χ0) is 18.3. The van der Waals surface area contributed by atoms with E-state index in [4.69, 9.17) is 15.8 Å². The van der Waals surface area contributed by atoms with E-state index in [0.717, 1.165) is 17.9 Å². The van der Waals surface area contributed by atoms with Gasteiger partial charge in [-0.1, -0.05) is 29.3 Å². The van der Waals surface area contributed by atoms with Crippen molar-refractivity contribution in [1.29, 1.82) is 0 Å². The van der Waals surface area contributed by atoms with Crippen LogP contribution in [0.25, 0.3) is 0 Å². The summed E-state index contributed by atoms with van der Waals surface area (Å²) in [5.74, 6) is 0.233. The van der Waals surface area contributed by atoms with Crippen LogP contribution in [0, 0.1) is 20.8 Å². The molecule has 0 unspecified atom stereocenters. The summed E-state index contributed by atoms with van der Waals surface area (Å²) in [5, 5.41) is -0.0425. The molecule has 0 saturated heterocycles. The second-order valence-corrected chi connectivity index (χ2v) is 9.57. The summed E-state index contributed by atoms with van der Waals surface area (Å²) in [6.45, 7) is 5.39. The summed E-state index contributed by atoms with van der Waals surface area (Å²) in [4.78, 5) is -0.530. The maximum atomic E-state index is 12.5. The first-order valence-corrected chi connectivity index (χ1v) is 10.6. The Balaban J connectivity index is 2.54. The zero-order valence-electron chi connectivity index (χ0n) is 13.6. The number of halogens is 1. The Morgan fingerprint density at radius 2 is 1.46 bits per heavy atom. The second kappa shape index (κ2) is 6.38. The van der Waals surface area contributed by atoms with Gasteiger partial charge in [-0.25, -0.2) is 8.42 Å². The van der Waals surface area contributed by atoms with Gasteiger partial charge in [0, 0.05) is 6.26 Å². The van der Waals surface area contributed by atoms with E-state index >= 15 is 0 Å². The molecule has 0 fully saturated rings. The van der Waals surface area contributed by atoms with Crippen molar-refractivity contribution in [1.82, 2.24) is 0 Å². The lowest BCUT2D eigenvalue weighted by Crippen LogP contribution is -2.12. The average Bonchev–Trinajstić information content (AvgIpc) is 2.41.